The summed E-state index contributed by atoms with van der Waals surface area (Å²) in [6.07, 6.45) is 6.66. The normalized spacial score (nSPS) is 10.5. The Labute approximate surface area is 170 Å². The molecule has 0 heterocycles. The third-order valence-electron chi connectivity index (χ3n) is 3.34. The van der Waals surface area contributed by atoms with Crippen LogP contribution in [0.3, 0.4) is 0 Å². The van der Waals surface area contributed by atoms with Crippen molar-refractivity contribution in [1.29, 1.82) is 5.26 Å². The van der Waals surface area contributed by atoms with E-state index in [0.29, 0.717) is 32.2 Å². The van der Waals surface area contributed by atoms with Crippen LogP contribution in [-0.2, 0) is 4.79 Å². The molecule has 0 spiro atoms. The van der Waals surface area contributed by atoms with Crippen LogP contribution in [0.1, 0.15) is 5.56 Å². The van der Waals surface area contributed by atoms with Crippen molar-refractivity contribution in [3.05, 3.63) is 57.0 Å². The number of ether oxygens (including phenoxy) is 2. The van der Waals surface area contributed by atoms with E-state index >= 15 is 0 Å². The Morgan fingerprint density at radius 3 is 2.67 bits per heavy atom. The van der Waals surface area contributed by atoms with Gasteiger partial charge in [0.05, 0.1) is 7.11 Å². The molecule has 2 aromatic rings. The lowest BCUT2D eigenvalue weighted by molar-refractivity contribution is -0.112. The molecular weight excluding hydrogens is 432 g/mol. The van der Waals surface area contributed by atoms with Crippen LogP contribution in [0.5, 0.6) is 11.5 Å². The van der Waals surface area contributed by atoms with Gasteiger partial charge in [-0.2, -0.15) is 5.26 Å². The molecule has 5 nitrogen and oxygen atoms in total. The molecule has 136 valence electrons. The zero-order valence-corrected chi connectivity index (χ0v) is 16.6. The minimum Gasteiger partial charge on any atom is -0.493 e. The van der Waals surface area contributed by atoms with Gasteiger partial charge in [-0.1, -0.05) is 33.5 Å². The minimum atomic E-state index is -0.568. The monoisotopic (exact) mass is 444 g/mol. The lowest BCUT2D eigenvalue weighted by atomic mass is 10.1. The highest BCUT2D eigenvalue weighted by Crippen LogP contribution is 2.36. The second-order valence-electron chi connectivity index (χ2n) is 5.15. The van der Waals surface area contributed by atoms with E-state index in [1.54, 1.807) is 36.4 Å². The fourth-order valence-corrected chi connectivity index (χ4v) is 2.73. The Morgan fingerprint density at radius 1 is 1.37 bits per heavy atom. The smallest absolute Gasteiger partial charge is 0.266 e. The van der Waals surface area contributed by atoms with Gasteiger partial charge in [-0.3, -0.25) is 4.79 Å². The van der Waals surface area contributed by atoms with Crippen LogP contribution in [0.4, 0.5) is 5.69 Å². The van der Waals surface area contributed by atoms with Crippen LogP contribution in [-0.4, -0.2) is 19.6 Å². The number of carbonyl (C=O) groups is 1. The molecule has 0 aromatic heterocycles. The molecule has 0 aliphatic rings. The average Bonchev–Trinajstić information content (AvgIpc) is 2.66. The summed E-state index contributed by atoms with van der Waals surface area (Å²) in [4.78, 5) is 12.4. The summed E-state index contributed by atoms with van der Waals surface area (Å²) in [5.74, 6) is 2.56. The number of methoxy groups -OCH3 is 1. The van der Waals surface area contributed by atoms with Gasteiger partial charge in [0.15, 0.2) is 11.5 Å². The quantitative estimate of drug-likeness (QED) is 0.398. The Kier molecular flexibility index (Phi) is 7.31. The molecule has 1 N–H and O–H groups in total. The van der Waals surface area contributed by atoms with Crippen LogP contribution in [0.2, 0.25) is 5.02 Å². The van der Waals surface area contributed by atoms with E-state index in [1.807, 2.05) is 6.07 Å². The molecule has 2 rings (SSSR count). The van der Waals surface area contributed by atoms with Gasteiger partial charge < -0.3 is 14.8 Å². The number of benzene rings is 2. The molecule has 0 fully saturated rings. The standard InChI is InChI=1S/C20H14BrClN2O3/c1-3-8-27-19-13(10-15(21)11-18(19)26-2)9-14(12-23)20(25)24-17-6-4-16(22)5-7-17/h1,4-7,9-11H,8H2,2H3,(H,24,25)/b14-9+. The lowest BCUT2D eigenvalue weighted by Gasteiger charge is -2.13. The van der Waals surface area contributed by atoms with Crippen molar-refractivity contribution >= 4 is 45.2 Å². The first-order valence-electron chi connectivity index (χ1n) is 7.61. The van der Waals surface area contributed by atoms with E-state index in [-0.39, 0.29) is 12.2 Å². The molecule has 0 aliphatic heterocycles. The van der Waals surface area contributed by atoms with Gasteiger partial charge in [0.25, 0.3) is 5.91 Å². The predicted octanol–water partition coefficient (Wildman–Crippen LogP) is 4.67. The molecule has 2 aromatic carbocycles. The number of terminal acetylenes is 1. The number of hydrogen-bond acceptors (Lipinski definition) is 4. The first-order chi connectivity index (χ1) is 13.0. The molecule has 7 heteroatoms. The highest BCUT2D eigenvalue weighted by molar-refractivity contribution is 9.10. The lowest BCUT2D eigenvalue weighted by Crippen LogP contribution is -2.13. The summed E-state index contributed by atoms with van der Waals surface area (Å²) in [5, 5.41) is 12.6. The maximum Gasteiger partial charge on any atom is 0.266 e. The van der Waals surface area contributed by atoms with Crippen molar-refractivity contribution < 1.29 is 14.3 Å². The summed E-state index contributed by atoms with van der Waals surface area (Å²) in [5.41, 5.74) is 0.871. The molecule has 0 unspecified atom stereocenters. The molecular formula is C20H14BrClN2O3. The van der Waals surface area contributed by atoms with Crippen LogP contribution in [0.15, 0.2) is 46.4 Å². The van der Waals surface area contributed by atoms with Gasteiger partial charge in [0.2, 0.25) is 0 Å². The Balaban J connectivity index is 2.39. The van der Waals surface area contributed by atoms with Gasteiger partial charge in [0, 0.05) is 20.7 Å². The van der Waals surface area contributed by atoms with E-state index < -0.39 is 5.91 Å². The van der Waals surface area contributed by atoms with Crippen molar-refractivity contribution in [2.24, 2.45) is 0 Å². The minimum absolute atomic E-state index is 0.0116. The number of nitriles is 1. The van der Waals surface area contributed by atoms with Crippen molar-refractivity contribution in [2.75, 3.05) is 19.0 Å². The Hall–Kier alpha value is -2.93. The Bertz CT molecular complexity index is 957. The summed E-state index contributed by atoms with van der Waals surface area (Å²) < 4.78 is 11.5. The first-order valence-corrected chi connectivity index (χ1v) is 8.78. The van der Waals surface area contributed by atoms with E-state index in [0.717, 1.165) is 0 Å². The highest BCUT2D eigenvalue weighted by atomic mass is 79.9. The Morgan fingerprint density at radius 2 is 2.07 bits per heavy atom. The number of rotatable bonds is 6. The molecule has 27 heavy (non-hydrogen) atoms. The fraction of sp³-hybridized carbons (Fsp3) is 0.100. The van der Waals surface area contributed by atoms with Gasteiger partial charge in [0.1, 0.15) is 18.2 Å². The number of anilines is 1. The summed E-state index contributed by atoms with van der Waals surface area (Å²) in [7, 11) is 1.48. The van der Waals surface area contributed by atoms with E-state index in [4.69, 9.17) is 27.5 Å². The number of nitrogens with zero attached hydrogens (tertiary/aromatic N) is 1. The second kappa shape index (κ2) is 9.68. The summed E-state index contributed by atoms with van der Waals surface area (Å²) >= 11 is 9.19. The fourth-order valence-electron chi connectivity index (χ4n) is 2.15. The first kappa shape index (κ1) is 20.4. The van der Waals surface area contributed by atoms with Crippen LogP contribution in [0.25, 0.3) is 6.08 Å². The molecule has 0 saturated heterocycles. The van der Waals surface area contributed by atoms with Gasteiger partial charge in [-0.05, 0) is 42.5 Å². The second-order valence-corrected chi connectivity index (χ2v) is 6.50. The maximum absolute atomic E-state index is 12.4. The molecule has 0 atom stereocenters. The third kappa shape index (κ3) is 5.52. The van der Waals surface area contributed by atoms with Gasteiger partial charge in [-0.15, -0.1) is 6.42 Å². The zero-order chi connectivity index (χ0) is 19.8. The van der Waals surface area contributed by atoms with E-state index in [2.05, 4.69) is 27.2 Å². The zero-order valence-electron chi connectivity index (χ0n) is 14.3. The number of carbonyl (C=O) groups excluding carboxylic acids is 1. The number of nitrogens with one attached hydrogen (secondary N) is 1. The molecule has 0 saturated carbocycles. The third-order valence-corrected chi connectivity index (χ3v) is 4.04. The topological polar surface area (TPSA) is 71.3 Å². The van der Waals surface area contributed by atoms with E-state index in [9.17, 15) is 10.1 Å². The van der Waals surface area contributed by atoms with Crippen LogP contribution >= 0.6 is 27.5 Å². The molecule has 0 aliphatic carbocycles. The number of hydrogen-bond donors (Lipinski definition) is 1. The number of amides is 1. The summed E-state index contributed by atoms with van der Waals surface area (Å²) in [6, 6.07) is 11.8. The van der Waals surface area contributed by atoms with Crippen LogP contribution < -0.4 is 14.8 Å². The predicted molar refractivity (Wildman–Crippen MR) is 109 cm³/mol. The van der Waals surface area contributed by atoms with Gasteiger partial charge >= 0.3 is 0 Å². The van der Waals surface area contributed by atoms with Crippen molar-refractivity contribution in [3.63, 3.8) is 0 Å². The summed E-state index contributed by atoms with van der Waals surface area (Å²) in [6.45, 7) is 0.0116. The van der Waals surface area contributed by atoms with E-state index in [1.165, 1.54) is 13.2 Å². The molecule has 1 amide bonds. The number of halogens is 2. The van der Waals surface area contributed by atoms with Crippen molar-refractivity contribution in [1.82, 2.24) is 0 Å². The molecule has 0 bridgehead atoms. The molecule has 0 radical (unpaired) electrons. The van der Waals surface area contributed by atoms with Gasteiger partial charge in [-0.25, -0.2) is 0 Å². The highest BCUT2D eigenvalue weighted by Gasteiger charge is 2.15. The van der Waals surface area contributed by atoms with Crippen LogP contribution in [0, 0.1) is 23.7 Å². The van der Waals surface area contributed by atoms with Crippen molar-refractivity contribution in [2.45, 2.75) is 0 Å². The van der Waals surface area contributed by atoms with Crippen molar-refractivity contribution in [3.8, 4) is 29.9 Å². The maximum atomic E-state index is 12.4. The largest absolute Gasteiger partial charge is 0.493 e. The average molecular weight is 446 g/mol. The SMILES string of the molecule is C#CCOc1c(/C=C(\C#N)C(=O)Nc2ccc(Cl)cc2)cc(Br)cc1OC.